The van der Waals surface area contributed by atoms with Crippen molar-refractivity contribution in [1.29, 1.82) is 0 Å². The van der Waals surface area contributed by atoms with Crippen LogP contribution < -0.4 is 9.64 Å². The van der Waals surface area contributed by atoms with E-state index >= 15 is 0 Å². The van der Waals surface area contributed by atoms with Crippen LogP contribution in [0, 0.1) is 21.8 Å². The summed E-state index contributed by atoms with van der Waals surface area (Å²) in [5.74, 6) is -2.11. The van der Waals surface area contributed by atoms with Gasteiger partial charge in [-0.25, -0.2) is 0 Å². The predicted molar refractivity (Wildman–Crippen MR) is 72.2 cm³/mol. The zero-order chi connectivity index (χ0) is 15.6. The van der Waals surface area contributed by atoms with Gasteiger partial charge in [-0.15, -0.1) is 0 Å². The van der Waals surface area contributed by atoms with Crippen LogP contribution in [0.5, 0.6) is 5.75 Å². The molecule has 8 heteroatoms. The lowest BCUT2D eigenvalue weighted by Crippen LogP contribution is -2.36. The maximum Gasteiger partial charge on any atom is 0.328 e. The van der Waals surface area contributed by atoms with Crippen molar-refractivity contribution >= 4 is 17.3 Å². The number of nitrogens with zero attached hydrogens (tertiary/aromatic N) is 2. The number of nitro benzene ring substituents is 1. The number of aliphatic carboxylic acids is 1. The van der Waals surface area contributed by atoms with Crippen molar-refractivity contribution < 1.29 is 24.0 Å². The van der Waals surface area contributed by atoms with E-state index in [1.165, 1.54) is 13.2 Å². The summed E-state index contributed by atoms with van der Waals surface area (Å²) in [6.07, 6.45) is 0.733. The maximum absolute atomic E-state index is 13.9. The lowest BCUT2D eigenvalue weighted by Gasteiger charge is -2.31. The molecule has 0 unspecified atom stereocenters. The number of rotatable bonds is 4. The zero-order valence-corrected chi connectivity index (χ0v) is 11.4. The first-order chi connectivity index (χ1) is 9.93. The lowest BCUT2D eigenvalue weighted by atomic mass is 9.96. The van der Waals surface area contributed by atoms with Crippen molar-refractivity contribution in [1.82, 2.24) is 0 Å². The lowest BCUT2D eigenvalue weighted by molar-refractivity contribution is -0.386. The van der Waals surface area contributed by atoms with Gasteiger partial charge in [0.05, 0.1) is 18.0 Å². The SMILES string of the molecule is COc1cc(F)c([N+](=O)[O-])c(N2CCC(C(=O)O)CC2)c1. The van der Waals surface area contributed by atoms with Gasteiger partial charge in [-0.2, -0.15) is 4.39 Å². The second-order valence-corrected chi connectivity index (χ2v) is 4.83. The Bertz CT molecular complexity index is 570. The fourth-order valence-electron chi connectivity index (χ4n) is 2.47. The molecule has 0 radical (unpaired) electrons. The van der Waals surface area contributed by atoms with Crippen molar-refractivity contribution in [3.05, 3.63) is 28.1 Å². The standard InChI is InChI=1S/C13H15FN2O5/c1-21-9-6-10(14)12(16(19)20)11(7-9)15-4-2-8(3-5-15)13(17)18/h6-8H,2-5H2,1H3,(H,17,18). The predicted octanol–water partition coefficient (Wildman–Crippen LogP) is 2.04. The third-order valence-corrected chi connectivity index (χ3v) is 3.62. The molecule has 1 N–H and O–H groups in total. The summed E-state index contributed by atoms with van der Waals surface area (Å²) in [6.45, 7) is 0.648. The molecule has 0 aromatic heterocycles. The first kappa shape index (κ1) is 15.0. The number of methoxy groups -OCH3 is 1. The van der Waals surface area contributed by atoms with E-state index in [0.717, 1.165) is 6.07 Å². The molecular formula is C13H15FN2O5. The summed E-state index contributed by atoms with van der Waals surface area (Å²) < 4.78 is 18.8. The molecule has 1 aromatic rings. The molecule has 0 amide bonds. The Labute approximate surface area is 120 Å². The molecule has 7 nitrogen and oxygen atoms in total. The van der Waals surface area contributed by atoms with Crippen LogP contribution in [0.2, 0.25) is 0 Å². The zero-order valence-electron chi connectivity index (χ0n) is 11.4. The van der Waals surface area contributed by atoms with Crippen LogP contribution in [0.1, 0.15) is 12.8 Å². The summed E-state index contributed by atoms with van der Waals surface area (Å²) in [5, 5.41) is 20.0. The smallest absolute Gasteiger partial charge is 0.328 e. The highest BCUT2D eigenvalue weighted by molar-refractivity contribution is 5.71. The van der Waals surface area contributed by atoms with E-state index in [1.54, 1.807) is 4.90 Å². The van der Waals surface area contributed by atoms with Gasteiger partial charge in [0.15, 0.2) is 0 Å². The van der Waals surface area contributed by atoms with Crippen molar-refractivity contribution in [2.24, 2.45) is 5.92 Å². The molecule has 0 bridgehead atoms. The number of ether oxygens (including phenoxy) is 1. The summed E-state index contributed by atoms with van der Waals surface area (Å²) in [5.41, 5.74) is -0.481. The molecule has 1 aromatic carbocycles. The van der Waals surface area contributed by atoms with Crippen molar-refractivity contribution in [2.45, 2.75) is 12.8 Å². The molecule has 2 rings (SSSR count). The Morgan fingerprint density at radius 3 is 2.57 bits per heavy atom. The van der Waals surface area contributed by atoms with Crippen molar-refractivity contribution in [3.63, 3.8) is 0 Å². The molecule has 114 valence electrons. The fraction of sp³-hybridized carbons (Fsp3) is 0.462. The van der Waals surface area contributed by atoms with E-state index in [9.17, 15) is 19.3 Å². The Hall–Kier alpha value is -2.38. The third-order valence-electron chi connectivity index (χ3n) is 3.62. The Balaban J connectivity index is 2.32. The quantitative estimate of drug-likeness (QED) is 0.675. The molecule has 21 heavy (non-hydrogen) atoms. The number of carbonyl (C=O) groups is 1. The van der Waals surface area contributed by atoms with E-state index in [4.69, 9.17) is 9.84 Å². The molecule has 0 aliphatic carbocycles. The first-order valence-corrected chi connectivity index (χ1v) is 6.43. The van der Waals surface area contributed by atoms with Gasteiger partial charge in [0.1, 0.15) is 11.4 Å². The summed E-state index contributed by atoms with van der Waals surface area (Å²) in [4.78, 5) is 22.8. The minimum Gasteiger partial charge on any atom is -0.497 e. The van der Waals surface area contributed by atoms with Crippen molar-refractivity contribution in [3.8, 4) is 5.75 Å². The minimum atomic E-state index is -0.963. The van der Waals surface area contributed by atoms with Crippen LogP contribution in [0.15, 0.2) is 12.1 Å². The highest BCUT2D eigenvalue weighted by Crippen LogP contribution is 2.37. The number of benzene rings is 1. The number of halogens is 1. The van der Waals surface area contributed by atoms with Crippen LogP contribution in [0.3, 0.4) is 0 Å². The van der Waals surface area contributed by atoms with Gasteiger partial charge in [0, 0.05) is 25.2 Å². The molecule has 1 aliphatic rings. The number of hydrogen-bond donors (Lipinski definition) is 1. The molecule has 1 heterocycles. The minimum absolute atomic E-state index is 0.126. The van der Waals surface area contributed by atoms with Crippen LogP contribution >= 0.6 is 0 Å². The highest BCUT2D eigenvalue weighted by Gasteiger charge is 2.30. The van der Waals surface area contributed by atoms with E-state index < -0.39 is 28.3 Å². The number of hydrogen-bond acceptors (Lipinski definition) is 5. The number of anilines is 1. The topological polar surface area (TPSA) is 92.9 Å². The van der Waals surface area contributed by atoms with E-state index in [0.29, 0.717) is 25.9 Å². The van der Waals surface area contributed by atoms with Gasteiger partial charge in [0.2, 0.25) is 5.82 Å². The molecule has 0 atom stereocenters. The number of carboxylic acid groups (broad SMARTS) is 1. The van der Waals surface area contributed by atoms with Crippen LogP contribution in [0.25, 0.3) is 0 Å². The summed E-state index contributed by atoms with van der Waals surface area (Å²) in [7, 11) is 1.35. The second-order valence-electron chi connectivity index (χ2n) is 4.83. The van der Waals surface area contributed by atoms with Gasteiger partial charge < -0.3 is 14.7 Å². The number of carboxylic acids is 1. The van der Waals surface area contributed by atoms with E-state index in [1.807, 2.05) is 0 Å². The fourth-order valence-corrected chi connectivity index (χ4v) is 2.47. The molecule has 0 spiro atoms. The normalized spacial score (nSPS) is 15.8. The molecule has 1 fully saturated rings. The largest absolute Gasteiger partial charge is 0.497 e. The van der Waals surface area contributed by atoms with Crippen molar-refractivity contribution in [2.75, 3.05) is 25.1 Å². The number of nitro groups is 1. The molecular weight excluding hydrogens is 283 g/mol. The Morgan fingerprint density at radius 1 is 1.48 bits per heavy atom. The average molecular weight is 298 g/mol. The molecule has 1 aliphatic heterocycles. The van der Waals surface area contributed by atoms with Gasteiger partial charge >= 0.3 is 11.7 Å². The maximum atomic E-state index is 13.9. The summed E-state index contributed by atoms with van der Waals surface area (Å²) >= 11 is 0. The average Bonchev–Trinajstić information content (AvgIpc) is 2.45. The van der Waals surface area contributed by atoms with E-state index in [-0.39, 0.29) is 11.4 Å². The number of piperidine rings is 1. The second kappa shape index (κ2) is 5.94. The van der Waals surface area contributed by atoms with Gasteiger partial charge in [-0.05, 0) is 12.8 Å². The first-order valence-electron chi connectivity index (χ1n) is 6.43. The Morgan fingerprint density at radius 2 is 2.10 bits per heavy atom. The van der Waals surface area contributed by atoms with Crippen LogP contribution in [0.4, 0.5) is 15.8 Å². The highest BCUT2D eigenvalue weighted by atomic mass is 19.1. The summed E-state index contributed by atoms with van der Waals surface area (Å²) in [6, 6.07) is 2.37. The van der Waals surface area contributed by atoms with Gasteiger partial charge in [-0.3, -0.25) is 14.9 Å². The third kappa shape index (κ3) is 3.04. The van der Waals surface area contributed by atoms with Gasteiger partial charge in [0.25, 0.3) is 0 Å². The van der Waals surface area contributed by atoms with Crippen LogP contribution in [-0.2, 0) is 4.79 Å². The van der Waals surface area contributed by atoms with Crippen LogP contribution in [-0.4, -0.2) is 36.2 Å². The molecule has 0 saturated carbocycles. The monoisotopic (exact) mass is 298 g/mol. The van der Waals surface area contributed by atoms with Gasteiger partial charge in [-0.1, -0.05) is 0 Å². The van der Waals surface area contributed by atoms with E-state index in [2.05, 4.69) is 0 Å². The Kier molecular flexibility index (Phi) is 4.25. The molecule has 1 saturated heterocycles.